The third-order valence-corrected chi connectivity index (χ3v) is 5.04. The van der Waals surface area contributed by atoms with Crippen molar-refractivity contribution in [3.05, 3.63) is 63.6 Å². The first-order valence-electron chi connectivity index (χ1n) is 8.56. The van der Waals surface area contributed by atoms with E-state index in [9.17, 15) is 18.4 Å². The molecule has 0 radical (unpaired) electrons. The molecule has 0 bridgehead atoms. The van der Waals surface area contributed by atoms with Crippen LogP contribution in [-0.2, 0) is 4.79 Å². The first-order chi connectivity index (χ1) is 13.3. The van der Waals surface area contributed by atoms with Gasteiger partial charge in [0.25, 0.3) is 5.91 Å². The lowest BCUT2D eigenvalue weighted by atomic mass is 10.2. The van der Waals surface area contributed by atoms with Gasteiger partial charge in [-0.2, -0.15) is 0 Å². The second-order valence-electron chi connectivity index (χ2n) is 6.27. The van der Waals surface area contributed by atoms with Gasteiger partial charge in [-0.3, -0.25) is 9.59 Å². The molecular weight excluding hydrogens is 411 g/mol. The largest absolute Gasteiger partial charge is 0.368 e. The van der Waals surface area contributed by atoms with E-state index >= 15 is 0 Å². The summed E-state index contributed by atoms with van der Waals surface area (Å²) in [6, 6.07) is 8.91. The summed E-state index contributed by atoms with van der Waals surface area (Å²) in [7, 11) is 0. The Morgan fingerprint density at radius 1 is 0.964 bits per heavy atom. The lowest BCUT2D eigenvalue weighted by molar-refractivity contribution is -0.130. The minimum atomic E-state index is -1.18. The third kappa shape index (κ3) is 4.72. The highest BCUT2D eigenvalue weighted by Gasteiger charge is 2.22. The molecule has 1 aliphatic heterocycles. The molecule has 0 aliphatic carbocycles. The maximum atomic E-state index is 13.3. The van der Waals surface area contributed by atoms with Crippen molar-refractivity contribution in [3.8, 4) is 0 Å². The molecule has 2 aromatic rings. The van der Waals surface area contributed by atoms with Gasteiger partial charge in [-0.05, 0) is 36.4 Å². The molecule has 1 fully saturated rings. The number of piperazine rings is 1. The van der Waals surface area contributed by atoms with E-state index in [0.717, 1.165) is 11.8 Å². The predicted molar refractivity (Wildman–Crippen MR) is 104 cm³/mol. The van der Waals surface area contributed by atoms with Gasteiger partial charge in [0.2, 0.25) is 5.91 Å². The van der Waals surface area contributed by atoms with Gasteiger partial charge in [0.1, 0.15) is 0 Å². The molecule has 2 amide bonds. The Balaban J connectivity index is 1.51. The lowest BCUT2D eigenvalue weighted by Crippen LogP contribution is -2.51. The van der Waals surface area contributed by atoms with E-state index in [-0.39, 0.29) is 23.0 Å². The average molecular weight is 428 g/mol. The molecule has 0 saturated carbocycles. The van der Waals surface area contributed by atoms with Crippen LogP contribution in [0.4, 0.5) is 14.5 Å². The van der Waals surface area contributed by atoms with Crippen molar-refractivity contribution < 1.29 is 18.4 Å². The van der Waals surface area contributed by atoms with Gasteiger partial charge in [-0.1, -0.05) is 23.2 Å². The Morgan fingerprint density at radius 2 is 1.57 bits per heavy atom. The highest BCUT2D eigenvalue weighted by molar-refractivity contribution is 6.33. The molecular formula is C19H17Cl2F2N3O2. The summed E-state index contributed by atoms with van der Waals surface area (Å²) in [5, 5.41) is 2.84. The minimum Gasteiger partial charge on any atom is -0.368 e. The van der Waals surface area contributed by atoms with Gasteiger partial charge in [0, 0.05) is 36.9 Å². The van der Waals surface area contributed by atoms with Crippen molar-refractivity contribution in [1.82, 2.24) is 10.2 Å². The Morgan fingerprint density at radius 3 is 2.21 bits per heavy atom. The molecule has 2 aromatic carbocycles. The van der Waals surface area contributed by atoms with E-state index in [1.54, 1.807) is 4.90 Å². The van der Waals surface area contributed by atoms with E-state index in [4.69, 9.17) is 23.2 Å². The number of hydrogen-bond donors (Lipinski definition) is 1. The summed E-state index contributed by atoms with van der Waals surface area (Å²) in [5.74, 6) is -3.32. The number of rotatable bonds is 4. The Hall–Kier alpha value is -2.38. The molecule has 3 rings (SSSR count). The van der Waals surface area contributed by atoms with Crippen LogP contribution in [0.1, 0.15) is 10.4 Å². The van der Waals surface area contributed by atoms with Crippen LogP contribution in [0.2, 0.25) is 10.0 Å². The number of carbonyl (C=O) groups is 2. The molecule has 148 valence electrons. The van der Waals surface area contributed by atoms with Gasteiger partial charge >= 0.3 is 0 Å². The van der Waals surface area contributed by atoms with Crippen LogP contribution in [0.25, 0.3) is 0 Å². The molecule has 0 unspecified atom stereocenters. The fourth-order valence-electron chi connectivity index (χ4n) is 2.93. The summed E-state index contributed by atoms with van der Waals surface area (Å²) < 4.78 is 26.4. The molecule has 0 atom stereocenters. The summed E-state index contributed by atoms with van der Waals surface area (Å²) in [6.07, 6.45) is 0. The smallest absolute Gasteiger partial charge is 0.253 e. The van der Waals surface area contributed by atoms with Crippen LogP contribution >= 0.6 is 23.2 Å². The fourth-order valence-corrected chi connectivity index (χ4v) is 3.29. The van der Waals surface area contributed by atoms with Crippen molar-refractivity contribution in [2.24, 2.45) is 0 Å². The van der Waals surface area contributed by atoms with Gasteiger partial charge < -0.3 is 15.1 Å². The van der Waals surface area contributed by atoms with E-state index < -0.39 is 17.5 Å². The van der Waals surface area contributed by atoms with E-state index in [1.165, 1.54) is 0 Å². The summed E-state index contributed by atoms with van der Waals surface area (Å²) in [4.78, 5) is 28.2. The maximum absolute atomic E-state index is 13.3. The number of amides is 2. The van der Waals surface area contributed by atoms with Crippen molar-refractivity contribution >= 4 is 40.7 Å². The van der Waals surface area contributed by atoms with Gasteiger partial charge in [0.15, 0.2) is 11.6 Å². The second kappa shape index (κ2) is 8.75. The van der Waals surface area contributed by atoms with Crippen molar-refractivity contribution in [3.63, 3.8) is 0 Å². The fraction of sp³-hybridized carbons (Fsp3) is 0.263. The number of anilines is 1. The molecule has 28 heavy (non-hydrogen) atoms. The third-order valence-electron chi connectivity index (χ3n) is 4.48. The van der Waals surface area contributed by atoms with Crippen molar-refractivity contribution in [2.45, 2.75) is 0 Å². The van der Waals surface area contributed by atoms with Crippen LogP contribution in [0.15, 0.2) is 36.4 Å². The normalized spacial score (nSPS) is 14.1. The molecule has 1 N–H and O–H groups in total. The zero-order valence-electron chi connectivity index (χ0n) is 14.7. The number of benzene rings is 2. The van der Waals surface area contributed by atoms with Gasteiger partial charge in [-0.15, -0.1) is 0 Å². The van der Waals surface area contributed by atoms with Crippen LogP contribution in [-0.4, -0.2) is 49.4 Å². The zero-order chi connectivity index (χ0) is 20.3. The van der Waals surface area contributed by atoms with E-state index in [2.05, 4.69) is 10.2 Å². The number of nitrogens with zero attached hydrogens (tertiary/aromatic N) is 2. The number of carbonyl (C=O) groups excluding carboxylic acids is 2. The first kappa shape index (κ1) is 20.4. The average Bonchev–Trinajstić information content (AvgIpc) is 2.69. The maximum Gasteiger partial charge on any atom is 0.253 e. The van der Waals surface area contributed by atoms with Crippen LogP contribution in [0.3, 0.4) is 0 Å². The molecule has 5 nitrogen and oxygen atoms in total. The highest BCUT2D eigenvalue weighted by atomic mass is 35.5. The molecule has 0 spiro atoms. The van der Waals surface area contributed by atoms with Crippen LogP contribution in [0, 0.1) is 11.6 Å². The first-order valence-corrected chi connectivity index (χ1v) is 9.32. The molecule has 0 aromatic heterocycles. The monoisotopic (exact) mass is 427 g/mol. The summed E-state index contributed by atoms with van der Waals surface area (Å²) in [5.41, 5.74) is 0.804. The summed E-state index contributed by atoms with van der Waals surface area (Å²) >= 11 is 11.7. The molecule has 9 heteroatoms. The van der Waals surface area contributed by atoms with E-state index in [1.807, 2.05) is 24.3 Å². The highest BCUT2D eigenvalue weighted by Crippen LogP contribution is 2.21. The zero-order valence-corrected chi connectivity index (χ0v) is 16.2. The van der Waals surface area contributed by atoms with Gasteiger partial charge in [-0.25, -0.2) is 8.78 Å². The topological polar surface area (TPSA) is 52.7 Å². The molecule has 1 saturated heterocycles. The number of hydrogen-bond acceptors (Lipinski definition) is 3. The molecule has 1 aliphatic rings. The molecule has 1 heterocycles. The predicted octanol–water partition coefficient (Wildman–Crippen LogP) is 3.35. The van der Waals surface area contributed by atoms with Crippen LogP contribution in [0.5, 0.6) is 0 Å². The van der Waals surface area contributed by atoms with Crippen molar-refractivity contribution in [2.75, 3.05) is 37.6 Å². The van der Waals surface area contributed by atoms with Crippen molar-refractivity contribution in [1.29, 1.82) is 0 Å². The second-order valence-corrected chi connectivity index (χ2v) is 7.12. The van der Waals surface area contributed by atoms with Crippen LogP contribution < -0.4 is 10.2 Å². The van der Waals surface area contributed by atoms with E-state index in [0.29, 0.717) is 37.3 Å². The van der Waals surface area contributed by atoms with Gasteiger partial charge in [0.05, 0.1) is 17.1 Å². The Bertz CT molecular complexity index is 885. The summed E-state index contributed by atoms with van der Waals surface area (Å²) in [6.45, 7) is 2.05. The Labute approximate surface area is 170 Å². The standard InChI is InChI=1S/C19H17Cl2F2N3O2/c20-12-1-3-13(4-2-12)25-5-7-26(8-6-25)18(27)11-24-19(28)14-9-16(22)17(23)10-15(14)21/h1-4,9-10H,5-8,11H2,(H,24,28). The lowest BCUT2D eigenvalue weighted by Gasteiger charge is -2.36. The SMILES string of the molecule is O=C(NCC(=O)N1CCN(c2ccc(Cl)cc2)CC1)c1cc(F)c(F)cc1Cl. The Kier molecular flexibility index (Phi) is 6.36. The quantitative estimate of drug-likeness (QED) is 0.761. The number of halogens is 4. The number of nitrogens with one attached hydrogen (secondary N) is 1. The minimum absolute atomic E-state index is 0.221.